The summed E-state index contributed by atoms with van der Waals surface area (Å²) in [4.78, 5) is 69.3. The van der Waals surface area contributed by atoms with Gasteiger partial charge < -0.3 is 38.8 Å². The fourth-order valence-corrected chi connectivity index (χ4v) is 4.87. The number of amides is 2. The lowest BCUT2D eigenvalue weighted by Crippen LogP contribution is -2.49. The van der Waals surface area contributed by atoms with Crippen LogP contribution in [-0.4, -0.2) is 75.3 Å². The summed E-state index contributed by atoms with van der Waals surface area (Å²) < 4.78 is 49.4. The number of carboxylic acids is 1. The zero-order chi connectivity index (χ0) is 32.2. The molecular weight excluding hydrogens is 602 g/mol. The van der Waals surface area contributed by atoms with Gasteiger partial charge in [0.15, 0.2) is 11.9 Å². The Morgan fingerprint density at radius 1 is 1.20 bits per heavy atom. The molecule has 2 aromatic heterocycles. The second-order valence-corrected chi connectivity index (χ2v) is 10.1. The number of aromatic nitrogens is 2. The number of carboxylic acid groups (broad SMARTS) is 1. The van der Waals surface area contributed by atoms with Gasteiger partial charge in [0, 0.05) is 42.7 Å². The Labute approximate surface area is 253 Å². The van der Waals surface area contributed by atoms with Crippen molar-refractivity contribution in [3.05, 3.63) is 93.2 Å². The van der Waals surface area contributed by atoms with Crippen LogP contribution in [-0.2, 0) is 38.5 Å². The fourth-order valence-electron chi connectivity index (χ4n) is 4.87. The van der Waals surface area contributed by atoms with Crippen molar-refractivity contribution in [1.29, 1.82) is 0 Å². The van der Waals surface area contributed by atoms with E-state index in [1.54, 1.807) is 19.1 Å². The van der Waals surface area contributed by atoms with Crippen molar-refractivity contribution in [3.8, 4) is 5.75 Å². The normalized spacial score (nSPS) is 17.6. The van der Waals surface area contributed by atoms with Crippen LogP contribution >= 0.6 is 0 Å². The molecule has 1 unspecified atom stereocenters. The minimum atomic E-state index is -1.65. The Balaban J connectivity index is 1.35. The summed E-state index contributed by atoms with van der Waals surface area (Å²) in [7, 11) is 0. The second kappa shape index (κ2) is 13.1. The summed E-state index contributed by atoms with van der Waals surface area (Å²) in [5.74, 6) is -5.42. The zero-order valence-electron chi connectivity index (χ0n) is 23.6. The summed E-state index contributed by atoms with van der Waals surface area (Å²) in [6.07, 6.45) is -1.49. The number of ether oxygens (including phenoxy) is 4. The molecule has 3 atom stereocenters. The highest BCUT2D eigenvalue weighted by molar-refractivity contribution is 5.99. The molecule has 2 amide bonds. The van der Waals surface area contributed by atoms with Crippen LogP contribution in [0.25, 0.3) is 0 Å². The molecule has 0 aliphatic carbocycles. The van der Waals surface area contributed by atoms with Crippen LogP contribution in [0, 0.1) is 11.6 Å². The molecule has 1 aromatic carbocycles. The van der Waals surface area contributed by atoms with Crippen molar-refractivity contribution in [2.75, 3.05) is 13.4 Å². The van der Waals surface area contributed by atoms with Gasteiger partial charge in [-0.1, -0.05) is 12.1 Å². The molecular formula is C29H26F2N4O10. The topological polar surface area (TPSA) is 176 Å². The van der Waals surface area contributed by atoms with Crippen LogP contribution in [0.15, 0.2) is 53.6 Å². The van der Waals surface area contributed by atoms with Gasteiger partial charge in [-0.3, -0.25) is 19.4 Å². The average Bonchev–Trinajstić information content (AvgIpc) is 3.38. The first-order valence-corrected chi connectivity index (χ1v) is 13.6. The van der Waals surface area contributed by atoms with E-state index < -0.39 is 78.0 Å². The zero-order valence-corrected chi connectivity index (χ0v) is 23.6. The number of halogens is 2. The number of carbonyl (C=O) groups is 4. The summed E-state index contributed by atoms with van der Waals surface area (Å²) in [6, 6.07) is 7.23. The van der Waals surface area contributed by atoms with Gasteiger partial charge >= 0.3 is 12.1 Å². The van der Waals surface area contributed by atoms with Gasteiger partial charge in [-0.25, -0.2) is 18.4 Å². The van der Waals surface area contributed by atoms with Crippen molar-refractivity contribution >= 4 is 23.9 Å². The molecule has 2 aliphatic rings. The molecule has 0 spiro atoms. The molecule has 2 N–H and O–H groups in total. The largest absolute Gasteiger partial charge is 0.512 e. The predicted octanol–water partition coefficient (Wildman–Crippen LogP) is 1.84. The Hall–Kier alpha value is -5.38. The molecule has 14 nitrogen and oxygen atoms in total. The van der Waals surface area contributed by atoms with E-state index in [0.717, 1.165) is 18.3 Å². The van der Waals surface area contributed by atoms with Crippen LogP contribution in [0.1, 0.15) is 39.0 Å². The summed E-state index contributed by atoms with van der Waals surface area (Å²) >= 11 is 0. The van der Waals surface area contributed by atoms with E-state index in [1.165, 1.54) is 21.7 Å². The predicted molar refractivity (Wildman–Crippen MR) is 146 cm³/mol. The van der Waals surface area contributed by atoms with Crippen LogP contribution in [0.5, 0.6) is 5.75 Å². The van der Waals surface area contributed by atoms with Gasteiger partial charge in [-0.2, -0.15) is 0 Å². The molecule has 0 saturated carbocycles. The van der Waals surface area contributed by atoms with E-state index >= 15 is 0 Å². The van der Waals surface area contributed by atoms with Crippen molar-refractivity contribution in [3.63, 3.8) is 0 Å². The van der Waals surface area contributed by atoms with Crippen molar-refractivity contribution in [2.45, 2.75) is 44.8 Å². The second-order valence-electron chi connectivity index (χ2n) is 10.1. The van der Waals surface area contributed by atoms with Crippen LogP contribution < -0.4 is 15.5 Å². The molecule has 2 aliphatic heterocycles. The van der Waals surface area contributed by atoms with E-state index in [1.807, 2.05) is 0 Å². The number of hydrogen-bond acceptors (Lipinski definition) is 10. The number of aliphatic carboxylic acids is 1. The molecule has 5 rings (SSSR count). The Morgan fingerprint density at radius 3 is 2.71 bits per heavy atom. The quantitative estimate of drug-likeness (QED) is 0.248. The maximum atomic E-state index is 14.1. The highest BCUT2D eigenvalue weighted by Gasteiger charge is 2.43. The van der Waals surface area contributed by atoms with Gasteiger partial charge in [0.25, 0.3) is 11.8 Å². The van der Waals surface area contributed by atoms with Gasteiger partial charge in [-0.15, -0.1) is 0 Å². The first-order chi connectivity index (χ1) is 21.5. The van der Waals surface area contributed by atoms with Gasteiger partial charge in [0.1, 0.15) is 17.2 Å². The van der Waals surface area contributed by atoms with Crippen molar-refractivity contribution in [2.24, 2.45) is 0 Å². The molecule has 4 heterocycles. The van der Waals surface area contributed by atoms with E-state index in [9.17, 15) is 37.9 Å². The number of nitrogens with zero attached hydrogens (tertiary/aromatic N) is 3. The molecule has 0 radical (unpaired) electrons. The lowest BCUT2D eigenvalue weighted by atomic mass is 10.1. The number of pyridine rings is 2. The van der Waals surface area contributed by atoms with Gasteiger partial charge in [0.2, 0.25) is 24.1 Å². The molecule has 1 saturated heterocycles. The van der Waals surface area contributed by atoms with E-state index in [2.05, 4.69) is 10.3 Å². The summed E-state index contributed by atoms with van der Waals surface area (Å²) in [6.45, 7) is 0.597. The number of rotatable bonds is 10. The molecule has 16 heteroatoms. The molecule has 1 fully saturated rings. The van der Waals surface area contributed by atoms with Crippen molar-refractivity contribution < 1.29 is 52.0 Å². The van der Waals surface area contributed by atoms with Crippen LogP contribution in [0.4, 0.5) is 13.6 Å². The molecule has 45 heavy (non-hydrogen) atoms. The molecule has 0 bridgehead atoms. The Kier molecular flexibility index (Phi) is 9.03. The third-order valence-corrected chi connectivity index (χ3v) is 7.06. The number of fused-ring (bicyclic) bond motifs is 2. The lowest BCUT2D eigenvalue weighted by molar-refractivity contribution is -0.148. The third kappa shape index (κ3) is 6.75. The number of nitrogens with one attached hydrogen (secondary N) is 1. The van der Waals surface area contributed by atoms with Crippen LogP contribution in [0.3, 0.4) is 0 Å². The standard InChI is InChI=1S/C29H26F2N4O10/c1-15-13-42-22-12-34-11-19(26(37)33-10-16-5-6-17(30)8-20(16)31)24(36)25(23(34)27(38)35(15)22)43-14-44-29(41)45-21(28(39)40)9-18-4-2-3-7-32-18/h2-8,11,15,21-22H,9-10,12-14H2,1H3,(H,33,37)(H,39,40)/t15-,21?,22+/m0/s1. The van der Waals surface area contributed by atoms with E-state index in [4.69, 9.17) is 18.9 Å². The van der Waals surface area contributed by atoms with E-state index in [-0.39, 0.29) is 36.9 Å². The highest BCUT2D eigenvalue weighted by atomic mass is 19.1. The first-order valence-electron chi connectivity index (χ1n) is 13.6. The Bertz CT molecular complexity index is 1700. The number of benzene rings is 1. The minimum absolute atomic E-state index is 0.0195. The van der Waals surface area contributed by atoms with Crippen molar-refractivity contribution in [1.82, 2.24) is 19.8 Å². The molecule has 236 valence electrons. The smallest absolute Gasteiger partial charge is 0.478 e. The summed E-state index contributed by atoms with van der Waals surface area (Å²) in [5, 5.41) is 11.8. The monoisotopic (exact) mass is 628 g/mol. The number of carbonyl (C=O) groups excluding carboxylic acids is 3. The minimum Gasteiger partial charge on any atom is -0.478 e. The first kappa shape index (κ1) is 31.1. The average molecular weight is 629 g/mol. The molecule has 3 aromatic rings. The van der Waals surface area contributed by atoms with Gasteiger partial charge in [0.05, 0.1) is 19.2 Å². The summed E-state index contributed by atoms with van der Waals surface area (Å²) in [5.41, 5.74) is -1.50. The van der Waals surface area contributed by atoms with Crippen LogP contribution in [0.2, 0.25) is 0 Å². The Morgan fingerprint density at radius 2 is 2.00 bits per heavy atom. The lowest BCUT2D eigenvalue weighted by Gasteiger charge is -2.34. The number of hydrogen-bond donors (Lipinski definition) is 2. The maximum absolute atomic E-state index is 14.1. The maximum Gasteiger partial charge on any atom is 0.512 e. The highest BCUT2D eigenvalue weighted by Crippen LogP contribution is 2.30. The SMILES string of the molecule is C[C@H]1CO[C@@H]2Cn3cc(C(=O)NCc4ccc(F)cc4F)c(=O)c(OCOC(=O)OC(Cc4ccccn4)C(=O)O)c3C(=O)N12. The van der Waals surface area contributed by atoms with Gasteiger partial charge in [-0.05, 0) is 25.1 Å². The third-order valence-electron chi connectivity index (χ3n) is 7.06. The van der Waals surface area contributed by atoms with E-state index in [0.29, 0.717) is 11.8 Å². The fraction of sp³-hybridized carbons (Fsp3) is 0.310.